The van der Waals surface area contributed by atoms with Crippen LogP contribution in [0.3, 0.4) is 0 Å². The molecule has 1 fully saturated rings. The standard InChI is InChI=1S/C17H19FN2O3S/c1-23-16-7-4-5-14(11-16)12-19-9-10-20(24(19,21)22)13-15-6-2-3-8-17(15)18/h2-8,11H,9-10,12-13H2,1H3. The summed E-state index contributed by atoms with van der Waals surface area (Å²) in [7, 11) is -2.03. The van der Waals surface area contributed by atoms with E-state index in [1.807, 2.05) is 24.3 Å². The van der Waals surface area contributed by atoms with Gasteiger partial charge < -0.3 is 4.74 Å². The lowest BCUT2D eigenvalue weighted by Crippen LogP contribution is -2.32. The van der Waals surface area contributed by atoms with Crippen molar-refractivity contribution < 1.29 is 17.5 Å². The summed E-state index contributed by atoms with van der Waals surface area (Å²) in [5.41, 5.74) is 1.23. The molecule has 0 radical (unpaired) electrons. The van der Waals surface area contributed by atoms with E-state index in [0.717, 1.165) is 5.56 Å². The van der Waals surface area contributed by atoms with Gasteiger partial charge in [-0.3, -0.25) is 0 Å². The zero-order chi connectivity index (χ0) is 17.2. The van der Waals surface area contributed by atoms with Gasteiger partial charge in [-0.1, -0.05) is 30.3 Å². The van der Waals surface area contributed by atoms with Crippen molar-refractivity contribution in [2.75, 3.05) is 20.2 Å². The molecule has 3 rings (SSSR count). The SMILES string of the molecule is COc1cccc(CN2CCN(Cc3ccccc3F)S2(=O)=O)c1. The number of methoxy groups -OCH3 is 1. The maximum absolute atomic E-state index is 13.8. The number of benzene rings is 2. The fraction of sp³-hybridized carbons (Fsp3) is 0.294. The Balaban J connectivity index is 1.75. The van der Waals surface area contributed by atoms with Gasteiger partial charge >= 0.3 is 0 Å². The molecule has 0 spiro atoms. The van der Waals surface area contributed by atoms with Crippen molar-refractivity contribution in [1.82, 2.24) is 8.61 Å². The van der Waals surface area contributed by atoms with Gasteiger partial charge in [-0.25, -0.2) is 4.39 Å². The molecule has 0 bridgehead atoms. The topological polar surface area (TPSA) is 49.9 Å². The molecule has 1 aliphatic rings. The maximum atomic E-state index is 13.8. The second-order valence-electron chi connectivity index (χ2n) is 5.62. The van der Waals surface area contributed by atoms with Gasteiger partial charge in [-0.2, -0.15) is 17.0 Å². The van der Waals surface area contributed by atoms with E-state index in [1.165, 1.54) is 14.7 Å². The molecule has 1 heterocycles. The third-order valence-corrected chi connectivity index (χ3v) is 5.98. The first-order chi connectivity index (χ1) is 11.5. The molecule has 7 heteroatoms. The van der Waals surface area contributed by atoms with Crippen molar-refractivity contribution in [3.05, 3.63) is 65.5 Å². The van der Waals surface area contributed by atoms with Gasteiger partial charge in [-0.05, 0) is 23.8 Å². The molecule has 5 nitrogen and oxygen atoms in total. The fourth-order valence-corrected chi connectivity index (χ4v) is 4.30. The first-order valence-corrected chi connectivity index (χ1v) is 9.02. The van der Waals surface area contributed by atoms with Crippen LogP contribution in [0.2, 0.25) is 0 Å². The number of rotatable bonds is 5. The van der Waals surface area contributed by atoms with Crippen LogP contribution < -0.4 is 4.74 Å². The Hall–Kier alpha value is -1.96. The van der Waals surface area contributed by atoms with Crippen molar-refractivity contribution >= 4 is 10.2 Å². The summed E-state index contributed by atoms with van der Waals surface area (Å²) < 4.78 is 47.0. The summed E-state index contributed by atoms with van der Waals surface area (Å²) in [5, 5.41) is 0. The van der Waals surface area contributed by atoms with E-state index < -0.39 is 10.2 Å². The maximum Gasteiger partial charge on any atom is 0.282 e. The molecule has 2 aromatic rings. The molecule has 0 saturated carbocycles. The normalized spacial score (nSPS) is 17.9. The van der Waals surface area contributed by atoms with Crippen LogP contribution in [0.25, 0.3) is 0 Å². The number of ether oxygens (including phenoxy) is 1. The Labute approximate surface area is 141 Å². The minimum absolute atomic E-state index is 0.0453. The highest BCUT2D eigenvalue weighted by Crippen LogP contribution is 2.24. The van der Waals surface area contributed by atoms with Crippen molar-refractivity contribution in [1.29, 1.82) is 0 Å². The van der Waals surface area contributed by atoms with Crippen molar-refractivity contribution in [2.45, 2.75) is 13.1 Å². The van der Waals surface area contributed by atoms with E-state index in [-0.39, 0.29) is 18.9 Å². The van der Waals surface area contributed by atoms with Crippen molar-refractivity contribution in [2.24, 2.45) is 0 Å². The van der Waals surface area contributed by atoms with E-state index in [9.17, 15) is 12.8 Å². The fourth-order valence-electron chi connectivity index (χ4n) is 2.73. The number of hydrogen-bond donors (Lipinski definition) is 0. The van der Waals surface area contributed by atoms with Gasteiger partial charge in [0, 0.05) is 31.7 Å². The first-order valence-electron chi connectivity index (χ1n) is 7.62. The highest BCUT2D eigenvalue weighted by Gasteiger charge is 2.36. The number of nitrogens with zero attached hydrogens (tertiary/aromatic N) is 2. The Morgan fingerprint density at radius 3 is 2.46 bits per heavy atom. The van der Waals surface area contributed by atoms with E-state index in [0.29, 0.717) is 24.4 Å². The highest BCUT2D eigenvalue weighted by atomic mass is 32.2. The monoisotopic (exact) mass is 350 g/mol. The first kappa shape index (κ1) is 16.9. The molecule has 0 N–H and O–H groups in total. The van der Waals surface area contributed by atoms with Crippen LogP contribution in [0.1, 0.15) is 11.1 Å². The van der Waals surface area contributed by atoms with Crippen molar-refractivity contribution in [3.63, 3.8) is 0 Å². The van der Waals surface area contributed by atoms with Crippen LogP contribution in [-0.4, -0.2) is 37.2 Å². The summed E-state index contributed by atoms with van der Waals surface area (Å²) in [6, 6.07) is 13.6. The predicted molar refractivity (Wildman–Crippen MR) is 89.1 cm³/mol. The molecule has 0 aromatic heterocycles. The van der Waals surface area contributed by atoms with E-state index in [1.54, 1.807) is 25.3 Å². The Bertz CT molecular complexity index is 826. The van der Waals surface area contributed by atoms with Crippen LogP contribution in [-0.2, 0) is 23.3 Å². The molecule has 0 unspecified atom stereocenters. The predicted octanol–water partition coefficient (Wildman–Crippen LogP) is 2.40. The van der Waals surface area contributed by atoms with Crippen LogP contribution in [0, 0.1) is 5.82 Å². The smallest absolute Gasteiger partial charge is 0.282 e. The quantitative estimate of drug-likeness (QED) is 0.832. The lowest BCUT2D eigenvalue weighted by atomic mass is 10.2. The molecule has 2 aromatic carbocycles. The summed E-state index contributed by atoms with van der Waals surface area (Å²) in [6.45, 7) is 1.05. The molecule has 128 valence electrons. The second kappa shape index (κ2) is 6.88. The molecule has 24 heavy (non-hydrogen) atoms. The zero-order valence-corrected chi connectivity index (χ0v) is 14.2. The third kappa shape index (κ3) is 3.43. The largest absolute Gasteiger partial charge is 0.497 e. The minimum Gasteiger partial charge on any atom is -0.497 e. The zero-order valence-electron chi connectivity index (χ0n) is 13.4. The van der Waals surface area contributed by atoms with Crippen molar-refractivity contribution in [3.8, 4) is 5.75 Å². The average Bonchev–Trinajstić information content (AvgIpc) is 2.84. The van der Waals surface area contributed by atoms with E-state index in [4.69, 9.17) is 4.74 Å². The Morgan fingerprint density at radius 1 is 1.04 bits per heavy atom. The number of halogens is 1. The minimum atomic E-state index is -3.60. The molecule has 1 aliphatic heterocycles. The number of hydrogen-bond acceptors (Lipinski definition) is 3. The molecular formula is C17H19FN2O3S. The van der Waals surface area contributed by atoms with Gasteiger partial charge in [0.05, 0.1) is 7.11 Å². The molecule has 0 amide bonds. The lowest BCUT2D eigenvalue weighted by Gasteiger charge is -2.19. The average molecular weight is 350 g/mol. The summed E-state index contributed by atoms with van der Waals surface area (Å²) in [6.07, 6.45) is 0. The van der Waals surface area contributed by atoms with Gasteiger partial charge in [0.1, 0.15) is 11.6 Å². The highest BCUT2D eigenvalue weighted by molar-refractivity contribution is 7.86. The van der Waals surface area contributed by atoms with Crippen LogP contribution in [0.15, 0.2) is 48.5 Å². The summed E-state index contributed by atoms with van der Waals surface area (Å²) in [4.78, 5) is 0. The molecular weight excluding hydrogens is 331 g/mol. The third-order valence-electron chi connectivity index (χ3n) is 4.05. The Morgan fingerprint density at radius 2 is 1.75 bits per heavy atom. The molecule has 0 aliphatic carbocycles. The van der Waals surface area contributed by atoms with Gasteiger partial charge in [0.15, 0.2) is 0 Å². The van der Waals surface area contributed by atoms with Gasteiger partial charge in [0.2, 0.25) is 0 Å². The van der Waals surface area contributed by atoms with Crippen LogP contribution in [0.5, 0.6) is 5.75 Å². The lowest BCUT2D eigenvalue weighted by molar-refractivity contribution is 0.411. The molecule has 1 saturated heterocycles. The van der Waals surface area contributed by atoms with Crippen LogP contribution in [0.4, 0.5) is 4.39 Å². The summed E-state index contributed by atoms with van der Waals surface area (Å²) >= 11 is 0. The second-order valence-corrected chi connectivity index (χ2v) is 7.55. The Kier molecular flexibility index (Phi) is 4.84. The van der Waals surface area contributed by atoms with Gasteiger partial charge in [-0.15, -0.1) is 0 Å². The summed E-state index contributed by atoms with van der Waals surface area (Å²) in [5.74, 6) is 0.297. The van der Waals surface area contributed by atoms with E-state index in [2.05, 4.69) is 0 Å². The van der Waals surface area contributed by atoms with Gasteiger partial charge in [0.25, 0.3) is 10.2 Å². The van der Waals surface area contributed by atoms with E-state index >= 15 is 0 Å². The molecule has 0 atom stereocenters. The van der Waals surface area contributed by atoms with Crippen LogP contribution >= 0.6 is 0 Å².